The molecule has 1 heterocycles. The summed E-state index contributed by atoms with van der Waals surface area (Å²) in [6, 6.07) is 2.22. The third kappa shape index (κ3) is 2.40. The van der Waals surface area contributed by atoms with Crippen LogP contribution in [0.5, 0.6) is 0 Å². The molecule has 0 unspecified atom stereocenters. The van der Waals surface area contributed by atoms with Crippen molar-refractivity contribution in [1.29, 1.82) is 0 Å². The highest BCUT2D eigenvalue weighted by Crippen LogP contribution is 2.22. The summed E-state index contributed by atoms with van der Waals surface area (Å²) in [6.07, 6.45) is 0. The van der Waals surface area contributed by atoms with Gasteiger partial charge >= 0.3 is 0 Å². The molecule has 1 aromatic rings. The van der Waals surface area contributed by atoms with Gasteiger partial charge in [-0.3, -0.25) is 4.79 Å². The van der Waals surface area contributed by atoms with E-state index >= 15 is 0 Å². The lowest BCUT2D eigenvalue weighted by Crippen LogP contribution is -2.59. The standard InChI is InChI=1S/C12H13BrF2N2O/c1-2-17(8-5-16-6-8)12(18)11-9(14)3-7(13)4-10(11)15/h3-4,8,16H,2,5-6H2,1H3. The molecule has 1 saturated heterocycles. The van der Waals surface area contributed by atoms with E-state index in [-0.39, 0.29) is 10.5 Å². The van der Waals surface area contributed by atoms with E-state index in [1.807, 2.05) is 0 Å². The molecule has 1 N–H and O–H groups in total. The number of hydrogen-bond acceptors (Lipinski definition) is 2. The Kier molecular flexibility index (Phi) is 3.97. The Labute approximate surface area is 112 Å². The van der Waals surface area contributed by atoms with Crippen molar-refractivity contribution >= 4 is 21.8 Å². The van der Waals surface area contributed by atoms with Crippen LogP contribution in [0.1, 0.15) is 17.3 Å². The van der Waals surface area contributed by atoms with Crippen LogP contribution in [0.3, 0.4) is 0 Å². The predicted octanol–water partition coefficient (Wildman–Crippen LogP) is 2.16. The number of nitrogens with one attached hydrogen (secondary N) is 1. The first-order valence-corrected chi connectivity index (χ1v) is 6.50. The van der Waals surface area contributed by atoms with E-state index in [2.05, 4.69) is 21.2 Å². The average molecular weight is 319 g/mol. The van der Waals surface area contributed by atoms with Crippen LogP contribution in [0, 0.1) is 11.6 Å². The number of hydrogen-bond donors (Lipinski definition) is 1. The minimum atomic E-state index is -0.836. The summed E-state index contributed by atoms with van der Waals surface area (Å²) in [4.78, 5) is 13.7. The first kappa shape index (κ1) is 13.4. The Morgan fingerprint density at radius 1 is 1.44 bits per heavy atom. The molecule has 0 aliphatic carbocycles. The molecule has 1 fully saturated rings. The van der Waals surface area contributed by atoms with E-state index in [1.165, 1.54) is 4.90 Å². The maximum absolute atomic E-state index is 13.7. The summed E-state index contributed by atoms with van der Waals surface area (Å²) in [6.45, 7) is 3.56. The van der Waals surface area contributed by atoms with Gasteiger partial charge in [0.05, 0.1) is 6.04 Å². The number of benzene rings is 1. The molecule has 0 radical (unpaired) electrons. The molecule has 2 rings (SSSR count). The third-order valence-electron chi connectivity index (χ3n) is 3.02. The Bertz CT molecular complexity index is 454. The number of carbonyl (C=O) groups excluding carboxylic acids is 1. The third-order valence-corrected chi connectivity index (χ3v) is 3.48. The number of nitrogens with zero attached hydrogens (tertiary/aromatic N) is 1. The van der Waals surface area contributed by atoms with Gasteiger partial charge in [0.1, 0.15) is 17.2 Å². The Hall–Kier alpha value is -1.01. The molecule has 1 aromatic carbocycles. The largest absolute Gasteiger partial charge is 0.333 e. The van der Waals surface area contributed by atoms with Crippen molar-refractivity contribution in [2.75, 3.05) is 19.6 Å². The van der Waals surface area contributed by atoms with E-state index in [9.17, 15) is 13.6 Å². The van der Waals surface area contributed by atoms with Gasteiger partial charge in [0.2, 0.25) is 0 Å². The maximum atomic E-state index is 13.7. The summed E-state index contributed by atoms with van der Waals surface area (Å²) >= 11 is 2.99. The van der Waals surface area contributed by atoms with Gasteiger partial charge in [-0.25, -0.2) is 8.78 Å². The molecule has 1 amide bonds. The van der Waals surface area contributed by atoms with Crippen LogP contribution in [0.15, 0.2) is 16.6 Å². The fourth-order valence-electron chi connectivity index (χ4n) is 1.95. The molecule has 0 saturated carbocycles. The molecule has 6 heteroatoms. The van der Waals surface area contributed by atoms with Gasteiger partial charge in [-0.05, 0) is 19.1 Å². The zero-order valence-corrected chi connectivity index (χ0v) is 11.4. The minimum Gasteiger partial charge on any atom is -0.333 e. The van der Waals surface area contributed by atoms with Crippen molar-refractivity contribution in [3.8, 4) is 0 Å². The zero-order chi connectivity index (χ0) is 13.3. The quantitative estimate of drug-likeness (QED) is 0.926. The molecular weight excluding hydrogens is 306 g/mol. The summed E-state index contributed by atoms with van der Waals surface area (Å²) in [5.41, 5.74) is -0.480. The number of halogens is 3. The number of carbonyl (C=O) groups is 1. The lowest BCUT2D eigenvalue weighted by molar-refractivity contribution is 0.0620. The first-order chi connectivity index (χ1) is 8.54. The van der Waals surface area contributed by atoms with Gasteiger partial charge < -0.3 is 10.2 Å². The van der Waals surface area contributed by atoms with Gasteiger partial charge in [0, 0.05) is 24.1 Å². The fraction of sp³-hybridized carbons (Fsp3) is 0.417. The molecule has 0 spiro atoms. The van der Waals surface area contributed by atoms with Crippen LogP contribution in [0.4, 0.5) is 8.78 Å². The Morgan fingerprint density at radius 2 is 2.00 bits per heavy atom. The van der Waals surface area contributed by atoms with Crippen LogP contribution >= 0.6 is 15.9 Å². The van der Waals surface area contributed by atoms with E-state index in [4.69, 9.17) is 0 Å². The molecular formula is C12H13BrF2N2O. The lowest BCUT2D eigenvalue weighted by atomic mass is 10.1. The number of likely N-dealkylation sites (N-methyl/N-ethyl adjacent to an activating group) is 1. The summed E-state index contributed by atoms with van der Waals surface area (Å²) in [5.74, 6) is -2.26. The highest BCUT2D eigenvalue weighted by atomic mass is 79.9. The average Bonchev–Trinajstić information content (AvgIpc) is 2.21. The molecule has 0 aromatic heterocycles. The van der Waals surface area contributed by atoms with E-state index in [0.29, 0.717) is 19.6 Å². The van der Waals surface area contributed by atoms with Crippen molar-refractivity contribution in [1.82, 2.24) is 10.2 Å². The van der Waals surface area contributed by atoms with E-state index in [0.717, 1.165) is 12.1 Å². The molecule has 18 heavy (non-hydrogen) atoms. The molecule has 1 aliphatic rings. The van der Waals surface area contributed by atoms with Crippen LogP contribution in [0.2, 0.25) is 0 Å². The highest BCUT2D eigenvalue weighted by Gasteiger charge is 2.31. The molecule has 0 bridgehead atoms. The predicted molar refractivity (Wildman–Crippen MR) is 67.4 cm³/mol. The second kappa shape index (κ2) is 5.32. The number of amides is 1. The van der Waals surface area contributed by atoms with Crippen molar-refractivity contribution in [2.45, 2.75) is 13.0 Å². The van der Waals surface area contributed by atoms with Gasteiger partial charge in [-0.2, -0.15) is 0 Å². The minimum absolute atomic E-state index is 0.0185. The molecule has 1 aliphatic heterocycles. The zero-order valence-electron chi connectivity index (χ0n) is 9.84. The summed E-state index contributed by atoms with van der Waals surface area (Å²) < 4.78 is 27.7. The smallest absolute Gasteiger partial charge is 0.260 e. The van der Waals surface area contributed by atoms with Crippen LogP contribution in [0.25, 0.3) is 0 Å². The van der Waals surface area contributed by atoms with E-state index in [1.54, 1.807) is 6.92 Å². The van der Waals surface area contributed by atoms with Crippen molar-refractivity contribution in [3.63, 3.8) is 0 Å². The second-order valence-corrected chi connectivity index (χ2v) is 5.06. The lowest BCUT2D eigenvalue weighted by Gasteiger charge is -2.37. The SMILES string of the molecule is CCN(C(=O)c1c(F)cc(Br)cc1F)C1CNC1. The highest BCUT2D eigenvalue weighted by molar-refractivity contribution is 9.10. The van der Waals surface area contributed by atoms with Crippen molar-refractivity contribution < 1.29 is 13.6 Å². The Balaban J connectivity index is 2.32. The molecule has 3 nitrogen and oxygen atoms in total. The van der Waals surface area contributed by atoms with Crippen molar-refractivity contribution in [2.24, 2.45) is 0 Å². The second-order valence-electron chi connectivity index (χ2n) is 4.15. The molecule has 0 atom stereocenters. The van der Waals surface area contributed by atoms with Gasteiger partial charge in [-0.1, -0.05) is 15.9 Å². The van der Waals surface area contributed by atoms with Crippen LogP contribution in [-0.2, 0) is 0 Å². The fourth-order valence-corrected chi connectivity index (χ4v) is 2.35. The van der Waals surface area contributed by atoms with Crippen LogP contribution in [-0.4, -0.2) is 36.5 Å². The number of rotatable bonds is 3. The first-order valence-electron chi connectivity index (χ1n) is 5.70. The van der Waals surface area contributed by atoms with Crippen LogP contribution < -0.4 is 5.32 Å². The van der Waals surface area contributed by atoms with Gasteiger partial charge in [-0.15, -0.1) is 0 Å². The van der Waals surface area contributed by atoms with Crippen molar-refractivity contribution in [3.05, 3.63) is 33.8 Å². The topological polar surface area (TPSA) is 32.3 Å². The van der Waals surface area contributed by atoms with Gasteiger partial charge in [0.25, 0.3) is 5.91 Å². The Morgan fingerprint density at radius 3 is 2.39 bits per heavy atom. The monoisotopic (exact) mass is 318 g/mol. The maximum Gasteiger partial charge on any atom is 0.260 e. The summed E-state index contributed by atoms with van der Waals surface area (Å²) in [7, 11) is 0. The normalized spacial score (nSPS) is 15.3. The van der Waals surface area contributed by atoms with Gasteiger partial charge in [0.15, 0.2) is 0 Å². The summed E-state index contributed by atoms with van der Waals surface area (Å²) in [5, 5.41) is 3.03. The van der Waals surface area contributed by atoms with E-state index < -0.39 is 23.1 Å². The molecule has 98 valence electrons.